The molecule has 0 unspecified atom stereocenters. The molecular weight excluding hydrogens is 432 g/mol. The summed E-state index contributed by atoms with van der Waals surface area (Å²) in [7, 11) is 0. The molecule has 4 aromatic rings. The fourth-order valence-corrected chi connectivity index (χ4v) is 4.82. The van der Waals surface area contributed by atoms with E-state index in [1.807, 2.05) is 29.0 Å². The van der Waals surface area contributed by atoms with E-state index in [1.54, 1.807) is 23.6 Å². The number of fused-ring (bicyclic) bond motifs is 1. The molecule has 4 aromatic heterocycles. The molecule has 0 fully saturated rings. The Morgan fingerprint density at radius 1 is 1.23 bits per heavy atom. The third kappa shape index (κ3) is 4.83. The van der Waals surface area contributed by atoms with Crippen LogP contribution in [0.5, 0.6) is 5.88 Å². The molecule has 0 spiro atoms. The second-order valence-corrected chi connectivity index (χ2v) is 8.74. The Labute approximate surface area is 187 Å². The van der Waals surface area contributed by atoms with Crippen molar-refractivity contribution in [2.24, 2.45) is 0 Å². The van der Waals surface area contributed by atoms with E-state index in [1.165, 1.54) is 22.2 Å². The van der Waals surface area contributed by atoms with E-state index in [0.29, 0.717) is 22.7 Å². The van der Waals surface area contributed by atoms with Gasteiger partial charge in [-0.2, -0.15) is 0 Å². The number of amides is 1. The van der Waals surface area contributed by atoms with E-state index >= 15 is 0 Å². The molecule has 0 saturated carbocycles. The molecule has 9 heteroatoms. The van der Waals surface area contributed by atoms with Crippen molar-refractivity contribution in [3.63, 3.8) is 0 Å². The van der Waals surface area contributed by atoms with Gasteiger partial charge in [-0.3, -0.25) is 14.2 Å². The first-order valence-corrected chi connectivity index (χ1v) is 11.8. The second kappa shape index (κ2) is 9.84. The Hall–Kier alpha value is -3.04. The summed E-state index contributed by atoms with van der Waals surface area (Å²) in [4.78, 5) is 35.9. The van der Waals surface area contributed by atoms with Gasteiger partial charge in [0.25, 0.3) is 5.56 Å². The fourth-order valence-electron chi connectivity index (χ4n) is 3.10. The van der Waals surface area contributed by atoms with E-state index in [0.717, 1.165) is 28.8 Å². The fraction of sp³-hybridized carbons (Fsp3) is 0.273. The highest BCUT2D eigenvalue weighted by atomic mass is 32.1. The first-order chi connectivity index (χ1) is 15.2. The van der Waals surface area contributed by atoms with Gasteiger partial charge in [-0.05, 0) is 23.9 Å². The van der Waals surface area contributed by atoms with Gasteiger partial charge in [-0.1, -0.05) is 25.5 Å². The lowest BCUT2D eigenvalue weighted by atomic mass is 10.2. The number of nitrogens with one attached hydrogen (secondary N) is 1. The number of thiophene rings is 2. The summed E-state index contributed by atoms with van der Waals surface area (Å²) in [6, 6.07) is 7.60. The zero-order valence-electron chi connectivity index (χ0n) is 17.0. The van der Waals surface area contributed by atoms with Crippen molar-refractivity contribution < 1.29 is 9.53 Å². The zero-order valence-corrected chi connectivity index (χ0v) is 18.7. The van der Waals surface area contributed by atoms with Crippen molar-refractivity contribution in [3.8, 4) is 16.3 Å². The normalized spacial score (nSPS) is 11.0. The number of carbonyl (C=O) groups is 1. The lowest BCUT2D eigenvalue weighted by molar-refractivity contribution is -0.121. The molecule has 1 N–H and O–H groups in total. The summed E-state index contributed by atoms with van der Waals surface area (Å²) in [5.41, 5.74) is 1.45. The summed E-state index contributed by atoms with van der Waals surface area (Å²) in [5.74, 6) is 0.245. The first kappa shape index (κ1) is 21.2. The highest BCUT2D eigenvalue weighted by Crippen LogP contribution is 2.33. The van der Waals surface area contributed by atoms with Gasteiger partial charge in [0.1, 0.15) is 11.4 Å². The van der Waals surface area contributed by atoms with Crippen LogP contribution in [0.15, 0.2) is 52.3 Å². The second-order valence-electron chi connectivity index (χ2n) is 6.93. The van der Waals surface area contributed by atoms with Crippen molar-refractivity contribution in [2.45, 2.75) is 32.9 Å². The monoisotopic (exact) mass is 454 g/mol. The standard InChI is InChI=1S/C22H22N4O3S2/c1-2-3-9-29-20-15(6-4-8-23-20)11-24-18(27)12-26-14-25-21-19(22(26)28)16(13-31-21)17-7-5-10-30-17/h4-8,10,13-14H,2-3,9,11-12H2,1H3,(H,24,27). The number of unbranched alkanes of at least 4 members (excludes halogenated alkanes) is 1. The predicted molar refractivity (Wildman–Crippen MR) is 124 cm³/mol. The van der Waals surface area contributed by atoms with Crippen LogP contribution in [0.3, 0.4) is 0 Å². The maximum absolute atomic E-state index is 13.0. The van der Waals surface area contributed by atoms with Crippen molar-refractivity contribution in [2.75, 3.05) is 6.61 Å². The van der Waals surface area contributed by atoms with E-state index in [4.69, 9.17) is 4.74 Å². The van der Waals surface area contributed by atoms with Crippen LogP contribution in [0, 0.1) is 0 Å². The number of ether oxygens (including phenoxy) is 1. The largest absolute Gasteiger partial charge is 0.477 e. The number of hydrogen-bond donors (Lipinski definition) is 1. The van der Waals surface area contributed by atoms with E-state index in [9.17, 15) is 9.59 Å². The molecule has 31 heavy (non-hydrogen) atoms. The van der Waals surface area contributed by atoms with Crippen LogP contribution in [0.25, 0.3) is 20.7 Å². The molecule has 7 nitrogen and oxygen atoms in total. The Morgan fingerprint density at radius 2 is 2.13 bits per heavy atom. The van der Waals surface area contributed by atoms with Gasteiger partial charge in [0, 0.05) is 34.1 Å². The minimum Gasteiger partial charge on any atom is -0.477 e. The van der Waals surface area contributed by atoms with Gasteiger partial charge < -0.3 is 10.1 Å². The van der Waals surface area contributed by atoms with Crippen LogP contribution in [0.2, 0.25) is 0 Å². The SMILES string of the molecule is CCCCOc1ncccc1CNC(=O)Cn1cnc2scc(-c3cccs3)c2c1=O. The molecular formula is C22H22N4O3S2. The molecule has 160 valence electrons. The lowest BCUT2D eigenvalue weighted by Gasteiger charge is -2.11. The van der Waals surface area contributed by atoms with Crippen molar-refractivity contribution in [3.05, 3.63) is 63.5 Å². The number of nitrogens with zero attached hydrogens (tertiary/aromatic N) is 3. The Morgan fingerprint density at radius 3 is 2.94 bits per heavy atom. The Bertz CT molecular complexity index is 1230. The van der Waals surface area contributed by atoms with Crippen molar-refractivity contribution in [1.29, 1.82) is 0 Å². The third-order valence-electron chi connectivity index (χ3n) is 4.72. The maximum Gasteiger partial charge on any atom is 0.263 e. The van der Waals surface area contributed by atoms with Gasteiger partial charge >= 0.3 is 0 Å². The summed E-state index contributed by atoms with van der Waals surface area (Å²) in [5, 5.41) is 7.32. The topological polar surface area (TPSA) is 86.1 Å². The summed E-state index contributed by atoms with van der Waals surface area (Å²) in [6.07, 6.45) is 5.07. The van der Waals surface area contributed by atoms with Gasteiger partial charge in [0.05, 0.1) is 18.3 Å². The molecule has 0 bridgehead atoms. The Kier molecular flexibility index (Phi) is 6.73. The number of hydrogen-bond acceptors (Lipinski definition) is 7. The van der Waals surface area contributed by atoms with E-state index < -0.39 is 0 Å². The molecule has 0 aliphatic heterocycles. The summed E-state index contributed by atoms with van der Waals surface area (Å²) in [6.45, 7) is 2.85. The van der Waals surface area contributed by atoms with Gasteiger partial charge in [-0.25, -0.2) is 9.97 Å². The lowest BCUT2D eigenvalue weighted by Crippen LogP contribution is -2.32. The molecule has 0 aromatic carbocycles. The number of rotatable bonds is 9. The van der Waals surface area contributed by atoms with E-state index in [-0.39, 0.29) is 24.6 Å². The van der Waals surface area contributed by atoms with Crippen LogP contribution in [0.1, 0.15) is 25.3 Å². The minimum absolute atomic E-state index is 0.103. The molecule has 0 aliphatic rings. The first-order valence-electron chi connectivity index (χ1n) is 10.0. The maximum atomic E-state index is 13.0. The highest BCUT2D eigenvalue weighted by molar-refractivity contribution is 7.18. The van der Waals surface area contributed by atoms with Crippen molar-refractivity contribution in [1.82, 2.24) is 19.9 Å². The summed E-state index contributed by atoms with van der Waals surface area (Å²) < 4.78 is 7.06. The molecule has 1 amide bonds. The van der Waals surface area contributed by atoms with Gasteiger partial charge in [-0.15, -0.1) is 22.7 Å². The smallest absolute Gasteiger partial charge is 0.263 e. The quantitative estimate of drug-likeness (QED) is 0.385. The molecule has 4 heterocycles. The molecule has 0 aliphatic carbocycles. The van der Waals surface area contributed by atoms with E-state index in [2.05, 4.69) is 22.2 Å². The predicted octanol–water partition coefficient (Wildman–Crippen LogP) is 4.08. The minimum atomic E-state index is -0.278. The van der Waals surface area contributed by atoms with Crippen LogP contribution >= 0.6 is 22.7 Å². The zero-order chi connectivity index (χ0) is 21.6. The molecule has 4 rings (SSSR count). The average molecular weight is 455 g/mol. The molecule has 0 atom stereocenters. The number of pyridine rings is 1. The number of carbonyl (C=O) groups excluding carboxylic acids is 1. The van der Waals surface area contributed by atoms with Crippen LogP contribution < -0.4 is 15.6 Å². The van der Waals surface area contributed by atoms with Gasteiger partial charge in [0.15, 0.2) is 0 Å². The highest BCUT2D eigenvalue weighted by Gasteiger charge is 2.15. The summed E-state index contributed by atoms with van der Waals surface area (Å²) >= 11 is 3.00. The molecule has 0 saturated heterocycles. The average Bonchev–Trinajstić information content (AvgIpc) is 3.45. The van der Waals surface area contributed by atoms with Crippen molar-refractivity contribution >= 4 is 38.8 Å². The number of aromatic nitrogens is 3. The van der Waals surface area contributed by atoms with Crippen LogP contribution in [0.4, 0.5) is 0 Å². The van der Waals surface area contributed by atoms with Gasteiger partial charge in [0.2, 0.25) is 11.8 Å². The van der Waals surface area contributed by atoms with Crippen LogP contribution in [-0.4, -0.2) is 27.0 Å². The molecule has 0 radical (unpaired) electrons. The third-order valence-corrected chi connectivity index (χ3v) is 6.51. The Balaban J connectivity index is 1.47. The van der Waals surface area contributed by atoms with Crippen LogP contribution in [-0.2, 0) is 17.9 Å².